The normalized spacial score (nSPS) is 29.5. The number of methoxy groups -OCH3 is 1. The van der Waals surface area contributed by atoms with E-state index in [1.165, 1.54) is 7.11 Å². The fourth-order valence-electron chi connectivity index (χ4n) is 4.34. The second-order valence-corrected chi connectivity index (χ2v) is 7.43. The summed E-state index contributed by atoms with van der Waals surface area (Å²) in [6, 6.07) is 6.74. The van der Waals surface area contributed by atoms with Gasteiger partial charge in [-0.15, -0.1) is 0 Å². The summed E-state index contributed by atoms with van der Waals surface area (Å²) in [5.74, 6) is 0.358. The maximum absolute atomic E-state index is 13.0. The second kappa shape index (κ2) is 7.56. The number of aliphatic hydroxyl groups is 1. The third-order valence-corrected chi connectivity index (χ3v) is 5.73. The second-order valence-electron chi connectivity index (χ2n) is 7.43. The maximum atomic E-state index is 13.0. The Morgan fingerprint density at radius 1 is 1.12 bits per heavy atom. The number of benzene rings is 1. The average Bonchev–Trinajstić information content (AvgIpc) is 3.12. The first-order valence-corrected chi connectivity index (χ1v) is 9.18. The molecular formula is C20H27NO4. The minimum Gasteiger partial charge on any atom is -0.465 e. The number of ether oxygens (including phenoxy) is 1. The van der Waals surface area contributed by atoms with Gasteiger partial charge in [0, 0.05) is 24.1 Å². The molecule has 1 amide bonds. The summed E-state index contributed by atoms with van der Waals surface area (Å²) >= 11 is 0. The number of esters is 1. The van der Waals surface area contributed by atoms with Gasteiger partial charge in [-0.1, -0.05) is 6.92 Å². The van der Waals surface area contributed by atoms with Crippen molar-refractivity contribution in [3.63, 3.8) is 0 Å². The lowest BCUT2D eigenvalue weighted by Crippen LogP contribution is -2.46. The van der Waals surface area contributed by atoms with Crippen LogP contribution in [0.1, 0.15) is 59.7 Å². The van der Waals surface area contributed by atoms with Crippen LogP contribution in [0.3, 0.4) is 0 Å². The fraction of sp³-hybridized carbons (Fsp3) is 0.600. The van der Waals surface area contributed by atoms with Crippen LogP contribution in [0.2, 0.25) is 0 Å². The first-order chi connectivity index (χ1) is 12.0. The zero-order chi connectivity index (χ0) is 18.0. The standard InChI is InChI=1S/C20H27NO4/c1-13-5-10-18(22)16(12-13)17-4-3-11-21(17)19(23)14-6-8-15(9-7-14)20(24)25-2/h6-9,13,16-18,22H,3-5,10-12H2,1-2H3/t13-,16-,17+,18-/m0/s1. The topological polar surface area (TPSA) is 66.8 Å². The van der Waals surface area contributed by atoms with E-state index in [0.29, 0.717) is 17.0 Å². The van der Waals surface area contributed by atoms with Crippen molar-refractivity contribution in [1.82, 2.24) is 4.90 Å². The smallest absolute Gasteiger partial charge is 0.337 e. The van der Waals surface area contributed by atoms with Gasteiger partial charge in [0.15, 0.2) is 0 Å². The Kier molecular flexibility index (Phi) is 5.42. The van der Waals surface area contributed by atoms with Crippen molar-refractivity contribution in [2.24, 2.45) is 11.8 Å². The van der Waals surface area contributed by atoms with Crippen molar-refractivity contribution < 1.29 is 19.4 Å². The molecule has 1 saturated heterocycles. The van der Waals surface area contributed by atoms with E-state index in [1.807, 2.05) is 4.90 Å². The Morgan fingerprint density at radius 2 is 1.80 bits per heavy atom. The Hall–Kier alpha value is -1.88. The maximum Gasteiger partial charge on any atom is 0.337 e. The van der Waals surface area contributed by atoms with Crippen molar-refractivity contribution in [3.05, 3.63) is 35.4 Å². The molecule has 0 radical (unpaired) electrons. The number of rotatable bonds is 3. The van der Waals surface area contributed by atoms with Crippen LogP contribution in [0.4, 0.5) is 0 Å². The Labute approximate surface area is 149 Å². The third kappa shape index (κ3) is 3.71. The van der Waals surface area contributed by atoms with E-state index >= 15 is 0 Å². The predicted molar refractivity (Wildman–Crippen MR) is 94.4 cm³/mol. The van der Waals surface area contributed by atoms with Gasteiger partial charge in [-0.3, -0.25) is 4.79 Å². The molecule has 5 heteroatoms. The number of amides is 1. The fourth-order valence-corrected chi connectivity index (χ4v) is 4.34. The molecule has 1 N–H and O–H groups in total. The lowest BCUT2D eigenvalue weighted by Gasteiger charge is -2.39. The van der Waals surface area contributed by atoms with Crippen LogP contribution in [0, 0.1) is 11.8 Å². The van der Waals surface area contributed by atoms with Crippen LogP contribution in [-0.2, 0) is 4.74 Å². The molecule has 0 bridgehead atoms. The monoisotopic (exact) mass is 345 g/mol. The quantitative estimate of drug-likeness (QED) is 0.856. The first kappa shape index (κ1) is 17.9. The van der Waals surface area contributed by atoms with Crippen LogP contribution in [0.15, 0.2) is 24.3 Å². The van der Waals surface area contributed by atoms with Gasteiger partial charge in [-0.05, 0) is 62.3 Å². The largest absolute Gasteiger partial charge is 0.465 e. The van der Waals surface area contributed by atoms with Crippen molar-refractivity contribution in [2.75, 3.05) is 13.7 Å². The highest BCUT2D eigenvalue weighted by atomic mass is 16.5. The number of likely N-dealkylation sites (tertiary alicyclic amines) is 1. The number of aliphatic hydroxyl groups excluding tert-OH is 1. The molecular weight excluding hydrogens is 318 g/mol. The number of hydrogen-bond donors (Lipinski definition) is 1. The zero-order valence-electron chi connectivity index (χ0n) is 15.0. The summed E-state index contributed by atoms with van der Waals surface area (Å²) in [5.41, 5.74) is 1.02. The Balaban J connectivity index is 1.75. The third-order valence-electron chi connectivity index (χ3n) is 5.73. The summed E-state index contributed by atoms with van der Waals surface area (Å²) in [4.78, 5) is 26.4. The van der Waals surface area contributed by atoms with Gasteiger partial charge in [0.2, 0.25) is 0 Å². The molecule has 4 atom stereocenters. The van der Waals surface area contributed by atoms with Crippen molar-refractivity contribution >= 4 is 11.9 Å². The van der Waals surface area contributed by atoms with E-state index in [9.17, 15) is 14.7 Å². The van der Waals surface area contributed by atoms with E-state index in [2.05, 4.69) is 6.92 Å². The van der Waals surface area contributed by atoms with Crippen LogP contribution in [0.5, 0.6) is 0 Å². The Morgan fingerprint density at radius 3 is 2.48 bits per heavy atom. The van der Waals surface area contributed by atoms with E-state index < -0.39 is 5.97 Å². The highest BCUT2D eigenvalue weighted by Crippen LogP contribution is 2.37. The van der Waals surface area contributed by atoms with Crippen LogP contribution in [0.25, 0.3) is 0 Å². The average molecular weight is 345 g/mol. The van der Waals surface area contributed by atoms with Crippen molar-refractivity contribution in [3.8, 4) is 0 Å². The minimum absolute atomic E-state index is 0.00987. The van der Waals surface area contributed by atoms with E-state index in [-0.39, 0.29) is 24.0 Å². The van der Waals surface area contributed by atoms with Gasteiger partial charge >= 0.3 is 5.97 Å². The zero-order valence-corrected chi connectivity index (χ0v) is 15.0. The number of carbonyl (C=O) groups is 2. The van der Waals surface area contributed by atoms with Gasteiger partial charge in [-0.2, -0.15) is 0 Å². The van der Waals surface area contributed by atoms with E-state index in [0.717, 1.165) is 38.6 Å². The van der Waals surface area contributed by atoms with Gasteiger partial charge < -0.3 is 14.7 Å². The lowest BCUT2D eigenvalue weighted by molar-refractivity contribution is 0.00858. The summed E-state index contributed by atoms with van der Waals surface area (Å²) in [6.45, 7) is 2.96. The van der Waals surface area contributed by atoms with Gasteiger partial charge in [-0.25, -0.2) is 4.79 Å². The van der Waals surface area contributed by atoms with E-state index in [4.69, 9.17) is 4.74 Å². The van der Waals surface area contributed by atoms with Crippen molar-refractivity contribution in [1.29, 1.82) is 0 Å². The molecule has 25 heavy (non-hydrogen) atoms. The molecule has 0 unspecified atom stereocenters. The lowest BCUT2D eigenvalue weighted by atomic mass is 9.76. The van der Waals surface area contributed by atoms with Crippen LogP contribution in [-0.4, -0.2) is 47.7 Å². The van der Waals surface area contributed by atoms with Gasteiger partial charge in [0.1, 0.15) is 0 Å². The van der Waals surface area contributed by atoms with Crippen molar-refractivity contribution in [2.45, 2.75) is 51.2 Å². The highest BCUT2D eigenvalue weighted by molar-refractivity contribution is 5.96. The SMILES string of the molecule is COC(=O)c1ccc(C(=O)N2CCC[C@@H]2[C@@H]2C[C@@H](C)CC[C@@H]2O)cc1. The molecule has 3 rings (SSSR count). The number of nitrogens with zero attached hydrogens (tertiary/aromatic N) is 1. The molecule has 2 fully saturated rings. The van der Waals surface area contributed by atoms with Gasteiger partial charge in [0.25, 0.3) is 5.91 Å². The molecule has 1 aromatic rings. The molecule has 2 aliphatic rings. The van der Waals surface area contributed by atoms with Crippen LogP contribution < -0.4 is 0 Å². The summed E-state index contributed by atoms with van der Waals surface area (Å²) in [5, 5.41) is 10.5. The highest BCUT2D eigenvalue weighted by Gasteiger charge is 2.40. The molecule has 1 aliphatic heterocycles. The molecule has 0 spiro atoms. The molecule has 5 nitrogen and oxygen atoms in total. The summed E-state index contributed by atoms with van der Waals surface area (Å²) in [6.07, 6.45) is 4.51. The Bertz CT molecular complexity index is 627. The molecule has 1 aromatic carbocycles. The molecule has 1 heterocycles. The summed E-state index contributed by atoms with van der Waals surface area (Å²) < 4.78 is 4.69. The molecule has 136 valence electrons. The van der Waals surface area contributed by atoms with E-state index in [1.54, 1.807) is 24.3 Å². The van der Waals surface area contributed by atoms with Crippen LogP contribution >= 0.6 is 0 Å². The molecule has 0 aromatic heterocycles. The number of carbonyl (C=O) groups excluding carboxylic acids is 2. The number of hydrogen-bond acceptors (Lipinski definition) is 4. The molecule has 1 aliphatic carbocycles. The predicted octanol–water partition coefficient (Wildman–Crippen LogP) is 2.87. The summed E-state index contributed by atoms with van der Waals surface area (Å²) in [7, 11) is 1.34. The molecule has 1 saturated carbocycles. The first-order valence-electron chi connectivity index (χ1n) is 9.18. The van der Waals surface area contributed by atoms with Gasteiger partial charge in [0.05, 0.1) is 18.8 Å². The minimum atomic E-state index is -0.405.